The number of carbonyl (C=O) groups excluding carboxylic acids is 2. The van der Waals surface area contributed by atoms with E-state index in [0.29, 0.717) is 35.0 Å². The van der Waals surface area contributed by atoms with E-state index in [1.54, 1.807) is 42.5 Å². The van der Waals surface area contributed by atoms with Crippen LogP contribution in [0.5, 0.6) is 23.0 Å². The van der Waals surface area contributed by atoms with Crippen molar-refractivity contribution in [3.63, 3.8) is 0 Å². The van der Waals surface area contributed by atoms with Gasteiger partial charge in [-0.3, -0.25) is 4.79 Å². The highest BCUT2D eigenvalue weighted by molar-refractivity contribution is 5.92. The molecule has 1 amide bonds. The molecule has 4 aromatic carbocycles. The number of hydrogen-bond donors (Lipinski definition) is 1. The number of ether oxygens (including phenoxy) is 4. The SMILES string of the molecule is CCOc1ccc(C(=O)Oc2ccc(C=NNC(=O)COc3ccc4ccccc4c3)cc2OC)cc1. The maximum atomic E-state index is 12.5. The summed E-state index contributed by atoms with van der Waals surface area (Å²) < 4.78 is 21.8. The van der Waals surface area contributed by atoms with Crippen molar-refractivity contribution >= 4 is 28.9 Å². The predicted octanol–water partition coefficient (Wildman–Crippen LogP) is 5.00. The van der Waals surface area contributed by atoms with Crippen molar-refractivity contribution in [2.75, 3.05) is 20.3 Å². The van der Waals surface area contributed by atoms with Gasteiger partial charge in [0.25, 0.3) is 5.91 Å². The number of esters is 1. The van der Waals surface area contributed by atoms with Gasteiger partial charge >= 0.3 is 5.97 Å². The fraction of sp³-hybridized carbons (Fsp3) is 0.138. The lowest BCUT2D eigenvalue weighted by Gasteiger charge is -2.10. The highest BCUT2D eigenvalue weighted by Crippen LogP contribution is 2.28. The molecule has 4 aromatic rings. The number of amides is 1. The van der Waals surface area contributed by atoms with Crippen LogP contribution in [0.25, 0.3) is 10.8 Å². The van der Waals surface area contributed by atoms with Crippen molar-refractivity contribution in [1.29, 1.82) is 0 Å². The Kier molecular flexibility index (Phi) is 8.33. The summed E-state index contributed by atoms with van der Waals surface area (Å²) in [6.45, 7) is 2.25. The van der Waals surface area contributed by atoms with E-state index in [1.807, 2.05) is 49.4 Å². The zero-order valence-corrected chi connectivity index (χ0v) is 20.5. The number of rotatable bonds is 10. The lowest BCUT2D eigenvalue weighted by atomic mass is 10.1. The molecule has 8 heteroatoms. The van der Waals surface area contributed by atoms with Crippen molar-refractivity contribution in [3.05, 3.63) is 96.1 Å². The van der Waals surface area contributed by atoms with Crippen LogP contribution in [0, 0.1) is 0 Å². The Labute approximate surface area is 214 Å². The Bertz CT molecular complexity index is 1420. The second-order valence-electron chi connectivity index (χ2n) is 7.85. The highest BCUT2D eigenvalue weighted by Gasteiger charge is 2.13. The van der Waals surface area contributed by atoms with Crippen molar-refractivity contribution in [2.45, 2.75) is 6.92 Å². The molecule has 0 saturated heterocycles. The van der Waals surface area contributed by atoms with Crippen LogP contribution in [0.1, 0.15) is 22.8 Å². The minimum Gasteiger partial charge on any atom is -0.494 e. The largest absolute Gasteiger partial charge is 0.494 e. The van der Waals surface area contributed by atoms with E-state index in [9.17, 15) is 9.59 Å². The van der Waals surface area contributed by atoms with E-state index < -0.39 is 11.9 Å². The van der Waals surface area contributed by atoms with Crippen molar-refractivity contribution in [1.82, 2.24) is 5.43 Å². The average Bonchev–Trinajstić information content (AvgIpc) is 2.93. The standard InChI is InChI=1S/C29H26N2O6/c1-3-35-24-12-10-22(11-13-24)29(33)37-26-15-8-20(16-27(26)34-2)18-30-31-28(32)19-36-25-14-9-21-6-4-5-7-23(21)17-25/h4-18H,3,19H2,1-2H3,(H,31,32). The van der Waals surface area contributed by atoms with E-state index >= 15 is 0 Å². The molecule has 0 unspecified atom stereocenters. The van der Waals surface area contributed by atoms with Gasteiger partial charge in [-0.15, -0.1) is 0 Å². The lowest BCUT2D eigenvalue weighted by molar-refractivity contribution is -0.123. The van der Waals surface area contributed by atoms with Crippen LogP contribution in [0.3, 0.4) is 0 Å². The number of methoxy groups -OCH3 is 1. The molecule has 1 N–H and O–H groups in total. The highest BCUT2D eigenvalue weighted by atomic mass is 16.6. The topological polar surface area (TPSA) is 95.5 Å². The van der Waals surface area contributed by atoms with E-state index in [4.69, 9.17) is 18.9 Å². The summed E-state index contributed by atoms with van der Waals surface area (Å²) in [6, 6.07) is 25.1. The third kappa shape index (κ3) is 6.85. The summed E-state index contributed by atoms with van der Waals surface area (Å²) in [7, 11) is 1.47. The van der Waals surface area contributed by atoms with Gasteiger partial charge in [-0.05, 0) is 77.9 Å². The minimum absolute atomic E-state index is 0.181. The first kappa shape index (κ1) is 25.2. The van der Waals surface area contributed by atoms with Gasteiger partial charge in [0, 0.05) is 0 Å². The number of hydrogen-bond acceptors (Lipinski definition) is 7. The third-order valence-corrected chi connectivity index (χ3v) is 5.29. The molecule has 37 heavy (non-hydrogen) atoms. The number of hydrazone groups is 1. The molecule has 0 saturated carbocycles. The van der Waals surface area contributed by atoms with Gasteiger partial charge in [-0.25, -0.2) is 10.2 Å². The summed E-state index contributed by atoms with van der Waals surface area (Å²) in [5.74, 6) is 0.935. The van der Waals surface area contributed by atoms with Crippen molar-refractivity contribution in [2.24, 2.45) is 5.10 Å². The first-order valence-electron chi connectivity index (χ1n) is 11.6. The maximum Gasteiger partial charge on any atom is 0.343 e. The normalized spacial score (nSPS) is 10.8. The van der Waals surface area contributed by atoms with E-state index in [1.165, 1.54) is 13.3 Å². The van der Waals surface area contributed by atoms with Gasteiger partial charge in [0.2, 0.25) is 0 Å². The second kappa shape index (κ2) is 12.2. The van der Waals surface area contributed by atoms with Gasteiger partial charge < -0.3 is 18.9 Å². The first-order chi connectivity index (χ1) is 18.1. The fourth-order valence-electron chi connectivity index (χ4n) is 3.48. The third-order valence-electron chi connectivity index (χ3n) is 5.29. The molecule has 0 aliphatic rings. The molecule has 0 bridgehead atoms. The summed E-state index contributed by atoms with van der Waals surface area (Å²) in [4.78, 5) is 24.6. The molecular formula is C29H26N2O6. The lowest BCUT2D eigenvalue weighted by Crippen LogP contribution is -2.24. The number of nitrogens with one attached hydrogen (secondary N) is 1. The summed E-state index contributed by atoms with van der Waals surface area (Å²) >= 11 is 0. The molecule has 0 heterocycles. The van der Waals surface area contributed by atoms with Crippen LogP contribution in [0.2, 0.25) is 0 Å². The molecule has 0 aliphatic carbocycles. The van der Waals surface area contributed by atoms with Crippen molar-refractivity contribution in [3.8, 4) is 23.0 Å². The van der Waals surface area contributed by atoms with Crippen LogP contribution >= 0.6 is 0 Å². The van der Waals surface area contributed by atoms with Crippen LogP contribution in [-0.4, -0.2) is 38.4 Å². The molecule has 0 aliphatic heterocycles. The van der Waals surface area contributed by atoms with E-state index in [-0.39, 0.29) is 12.4 Å². The molecular weight excluding hydrogens is 472 g/mol. The van der Waals surface area contributed by atoms with Crippen LogP contribution in [-0.2, 0) is 4.79 Å². The molecule has 0 atom stereocenters. The molecule has 8 nitrogen and oxygen atoms in total. The molecule has 4 rings (SSSR count). The van der Waals surface area contributed by atoms with Crippen LogP contribution in [0.15, 0.2) is 90.0 Å². The Hall–Kier alpha value is -4.85. The van der Waals surface area contributed by atoms with Gasteiger partial charge in [-0.2, -0.15) is 5.10 Å². The zero-order chi connectivity index (χ0) is 26.0. The molecule has 0 radical (unpaired) electrons. The Morgan fingerprint density at radius 3 is 2.35 bits per heavy atom. The Morgan fingerprint density at radius 2 is 1.59 bits per heavy atom. The first-order valence-corrected chi connectivity index (χ1v) is 11.6. The molecule has 0 spiro atoms. The molecule has 0 aromatic heterocycles. The smallest absolute Gasteiger partial charge is 0.343 e. The minimum atomic E-state index is -0.526. The monoisotopic (exact) mass is 498 g/mol. The fourth-order valence-corrected chi connectivity index (χ4v) is 3.48. The molecule has 188 valence electrons. The zero-order valence-electron chi connectivity index (χ0n) is 20.5. The summed E-state index contributed by atoms with van der Waals surface area (Å²) in [6.07, 6.45) is 1.45. The van der Waals surface area contributed by atoms with E-state index in [0.717, 1.165) is 10.8 Å². The predicted molar refractivity (Wildman–Crippen MR) is 141 cm³/mol. The van der Waals surface area contributed by atoms with Gasteiger partial charge in [0.1, 0.15) is 11.5 Å². The van der Waals surface area contributed by atoms with E-state index in [2.05, 4.69) is 10.5 Å². The van der Waals surface area contributed by atoms with Gasteiger partial charge in [0.15, 0.2) is 18.1 Å². The van der Waals surface area contributed by atoms with Crippen LogP contribution < -0.4 is 24.4 Å². The van der Waals surface area contributed by atoms with Gasteiger partial charge in [0.05, 0.1) is 25.5 Å². The Balaban J connectivity index is 1.31. The van der Waals surface area contributed by atoms with Crippen molar-refractivity contribution < 1.29 is 28.5 Å². The average molecular weight is 499 g/mol. The quantitative estimate of drug-likeness (QED) is 0.143. The van der Waals surface area contributed by atoms with Gasteiger partial charge in [-0.1, -0.05) is 30.3 Å². The Morgan fingerprint density at radius 1 is 0.838 bits per heavy atom. The number of carbonyl (C=O) groups is 2. The summed E-state index contributed by atoms with van der Waals surface area (Å²) in [5, 5.41) is 6.08. The summed E-state index contributed by atoms with van der Waals surface area (Å²) in [5.41, 5.74) is 3.44. The second-order valence-corrected chi connectivity index (χ2v) is 7.85. The number of fused-ring (bicyclic) bond motifs is 1. The number of benzene rings is 4. The van der Waals surface area contributed by atoms with Crippen LogP contribution in [0.4, 0.5) is 0 Å². The molecule has 0 fully saturated rings. The maximum absolute atomic E-state index is 12.5. The number of nitrogens with zero attached hydrogens (tertiary/aromatic N) is 1.